The summed E-state index contributed by atoms with van der Waals surface area (Å²) in [5.74, 6) is 1.30. The van der Waals surface area contributed by atoms with Crippen LogP contribution < -0.4 is 0 Å². The summed E-state index contributed by atoms with van der Waals surface area (Å²) in [4.78, 5) is 23.3. The highest BCUT2D eigenvalue weighted by Crippen LogP contribution is 2.16. The molecule has 4 heteroatoms. The lowest BCUT2D eigenvalue weighted by Gasteiger charge is -2.30. The topological polar surface area (TPSA) is 46.1 Å². The lowest BCUT2D eigenvalue weighted by Crippen LogP contribution is -2.40. The molecule has 0 bridgehead atoms. The van der Waals surface area contributed by atoms with Gasteiger partial charge in [-0.3, -0.25) is 9.78 Å². The van der Waals surface area contributed by atoms with Crippen molar-refractivity contribution in [3.05, 3.63) is 23.8 Å². The Hall–Kier alpha value is -1.45. The highest BCUT2D eigenvalue weighted by molar-refractivity contribution is 5.92. The van der Waals surface area contributed by atoms with Crippen molar-refractivity contribution in [1.29, 1.82) is 0 Å². The van der Waals surface area contributed by atoms with Crippen molar-refractivity contribution >= 4 is 5.91 Å². The van der Waals surface area contributed by atoms with E-state index in [4.69, 9.17) is 0 Å². The van der Waals surface area contributed by atoms with Gasteiger partial charge in [-0.2, -0.15) is 0 Å². The van der Waals surface area contributed by atoms with Gasteiger partial charge < -0.3 is 4.90 Å². The van der Waals surface area contributed by atoms with Crippen molar-refractivity contribution < 1.29 is 4.79 Å². The van der Waals surface area contributed by atoms with Crippen LogP contribution >= 0.6 is 0 Å². The fourth-order valence-corrected chi connectivity index (χ4v) is 2.55. The lowest BCUT2D eigenvalue weighted by molar-refractivity contribution is 0.0665. The number of aryl methyl sites for hydroxylation is 1. The zero-order valence-electron chi connectivity index (χ0n) is 15.7. The van der Waals surface area contributed by atoms with E-state index in [-0.39, 0.29) is 11.9 Å². The average Bonchev–Trinajstić information content (AvgIpc) is 2.47. The third kappa shape index (κ3) is 7.10. The van der Waals surface area contributed by atoms with E-state index in [9.17, 15) is 4.79 Å². The molecule has 1 atom stereocenters. The molecule has 0 N–H and O–H groups in total. The van der Waals surface area contributed by atoms with Gasteiger partial charge in [-0.15, -0.1) is 0 Å². The minimum absolute atomic E-state index is 0.00944. The SMILES string of the molecule is Cc1cnc(C(=O)N(CCC(C)C)[C@H](C)CCCC(C)C)cn1. The maximum absolute atomic E-state index is 12.8. The van der Waals surface area contributed by atoms with Crippen LogP contribution in [0.4, 0.5) is 0 Å². The van der Waals surface area contributed by atoms with E-state index < -0.39 is 0 Å². The molecule has 130 valence electrons. The number of carbonyl (C=O) groups is 1. The van der Waals surface area contributed by atoms with Crippen LogP contribution in [0.2, 0.25) is 0 Å². The summed E-state index contributed by atoms with van der Waals surface area (Å²) < 4.78 is 0. The zero-order chi connectivity index (χ0) is 17.4. The second kappa shape index (κ2) is 9.64. The predicted octanol–water partition coefficient (Wildman–Crippen LogP) is 4.49. The highest BCUT2D eigenvalue weighted by atomic mass is 16.2. The van der Waals surface area contributed by atoms with Crippen molar-refractivity contribution in [3.63, 3.8) is 0 Å². The molecule has 0 saturated carbocycles. The zero-order valence-corrected chi connectivity index (χ0v) is 15.7. The van der Waals surface area contributed by atoms with Crippen molar-refractivity contribution in [2.45, 2.75) is 73.3 Å². The lowest BCUT2D eigenvalue weighted by atomic mass is 10.0. The molecular weight excluding hydrogens is 286 g/mol. The number of hydrogen-bond donors (Lipinski definition) is 0. The van der Waals surface area contributed by atoms with Gasteiger partial charge in [-0.25, -0.2) is 4.98 Å². The number of rotatable bonds is 9. The Morgan fingerprint density at radius 1 is 1.00 bits per heavy atom. The Morgan fingerprint density at radius 3 is 2.17 bits per heavy atom. The van der Waals surface area contributed by atoms with Gasteiger partial charge in [0.2, 0.25) is 0 Å². The van der Waals surface area contributed by atoms with Gasteiger partial charge in [-0.05, 0) is 38.5 Å². The summed E-state index contributed by atoms with van der Waals surface area (Å²) in [6.07, 6.45) is 7.68. The maximum atomic E-state index is 12.8. The smallest absolute Gasteiger partial charge is 0.274 e. The second-order valence-electron chi connectivity index (χ2n) is 7.40. The van der Waals surface area contributed by atoms with Crippen LogP contribution in [-0.2, 0) is 0 Å². The third-order valence-electron chi connectivity index (χ3n) is 4.14. The van der Waals surface area contributed by atoms with Crippen LogP contribution in [-0.4, -0.2) is 33.4 Å². The summed E-state index contributed by atoms with van der Waals surface area (Å²) in [6.45, 7) is 13.7. The molecule has 1 aromatic rings. The molecule has 23 heavy (non-hydrogen) atoms. The van der Waals surface area contributed by atoms with Gasteiger partial charge >= 0.3 is 0 Å². The number of hydrogen-bond acceptors (Lipinski definition) is 3. The Bertz CT molecular complexity index is 468. The van der Waals surface area contributed by atoms with Crippen LogP contribution in [0.25, 0.3) is 0 Å². The van der Waals surface area contributed by atoms with Crippen molar-refractivity contribution in [2.75, 3.05) is 6.54 Å². The molecule has 0 unspecified atom stereocenters. The Morgan fingerprint density at radius 2 is 1.65 bits per heavy atom. The molecule has 4 nitrogen and oxygen atoms in total. The van der Waals surface area contributed by atoms with E-state index in [1.54, 1.807) is 12.4 Å². The average molecular weight is 319 g/mol. The fourth-order valence-electron chi connectivity index (χ4n) is 2.55. The molecule has 0 aromatic carbocycles. The van der Waals surface area contributed by atoms with Crippen LogP contribution in [0, 0.1) is 18.8 Å². The largest absolute Gasteiger partial charge is 0.335 e. The first-order chi connectivity index (χ1) is 10.8. The minimum Gasteiger partial charge on any atom is -0.335 e. The van der Waals surface area contributed by atoms with Gasteiger partial charge in [0.25, 0.3) is 5.91 Å². The fraction of sp³-hybridized carbons (Fsp3) is 0.737. The van der Waals surface area contributed by atoms with Crippen LogP contribution in [0.15, 0.2) is 12.4 Å². The summed E-state index contributed by atoms with van der Waals surface area (Å²) in [5.41, 5.74) is 1.29. The normalized spacial score (nSPS) is 12.7. The number of amides is 1. The summed E-state index contributed by atoms with van der Waals surface area (Å²) in [6, 6.07) is 0.239. The molecule has 0 aliphatic rings. The molecule has 1 amide bonds. The van der Waals surface area contributed by atoms with E-state index in [0.29, 0.717) is 17.5 Å². The van der Waals surface area contributed by atoms with E-state index in [1.165, 1.54) is 6.42 Å². The van der Waals surface area contributed by atoms with E-state index in [0.717, 1.165) is 31.5 Å². The summed E-state index contributed by atoms with van der Waals surface area (Å²) >= 11 is 0. The van der Waals surface area contributed by atoms with Crippen molar-refractivity contribution in [3.8, 4) is 0 Å². The first kappa shape index (κ1) is 19.6. The van der Waals surface area contributed by atoms with E-state index >= 15 is 0 Å². The maximum Gasteiger partial charge on any atom is 0.274 e. The quantitative estimate of drug-likeness (QED) is 0.674. The van der Waals surface area contributed by atoms with Gasteiger partial charge in [0, 0.05) is 18.8 Å². The summed E-state index contributed by atoms with van der Waals surface area (Å²) in [7, 11) is 0. The molecule has 0 saturated heterocycles. The molecular formula is C19H33N3O. The Balaban J connectivity index is 2.77. The molecule has 1 heterocycles. The van der Waals surface area contributed by atoms with Gasteiger partial charge in [0.15, 0.2) is 0 Å². The molecule has 1 rings (SSSR count). The van der Waals surface area contributed by atoms with Gasteiger partial charge in [-0.1, -0.05) is 40.5 Å². The van der Waals surface area contributed by atoms with E-state index in [1.807, 2.05) is 11.8 Å². The second-order valence-corrected chi connectivity index (χ2v) is 7.40. The van der Waals surface area contributed by atoms with E-state index in [2.05, 4.69) is 44.6 Å². The van der Waals surface area contributed by atoms with Gasteiger partial charge in [0.05, 0.1) is 11.9 Å². The van der Waals surface area contributed by atoms with Crippen LogP contribution in [0.3, 0.4) is 0 Å². The molecule has 0 fully saturated rings. The van der Waals surface area contributed by atoms with Crippen LogP contribution in [0.5, 0.6) is 0 Å². The number of nitrogens with zero attached hydrogens (tertiary/aromatic N) is 3. The molecule has 0 aliphatic heterocycles. The number of aromatic nitrogens is 2. The Kier molecular flexibility index (Phi) is 8.21. The van der Waals surface area contributed by atoms with Crippen molar-refractivity contribution in [2.24, 2.45) is 11.8 Å². The van der Waals surface area contributed by atoms with Crippen LogP contribution in [0.1, 0.15) is 76.5 Å². The van der Waals surface area contributed by atoms with Crippen molar-refractivity contribution in [1.82, 2.24) is 14.9 Å². The molecule has 1 aromatic heterocycles. The highest BCUT2D eigenvalue weighted by Gasteiger charge is 2.22. The monoisotopic (exact) mass is 319 g/mol. The third-order valence-corrected chi connectivity index (χ3v) is 4.14. The minimum atomic E-state index is 0.00944. The molecule has 0 aliphatic carbocycles. The first-order valence-corrected chi connectivity index (χ1v) is 8.90. The Labute approximate surface area is 141 Å². The first-order valence-electron chi connectivity index (χ1n) is 8.90. The number of carbonyl (C=O) groups excluding carboxylic acids is 1. The molecule has 0 spiro atoms. The van der Waals surface area contributed by atoms with Gasteiger partial charge in [0.1, 0.15) is 5.69 Å². The standard InChI is InChI=1S/C19H33N3O/c1-14(2)8-7-9-17(6)22(11-10-15(3)4)19(23)18-13-20-16(5)12-21-18/h12-15,17H,7-11H2,1-6H3/t17-/m1/s1. The molecule has 0 radical (unpaired) electrons. The predicted molar refractivity (Wildman–Crippen MR) is 95.4 cm³/mol. The summed E-state index contributed by atoms with van der Waals surface area (Å²) in [5, 5.41) is 0.